The molecule has 0 heterocycles. The highest BCUT2D eigenvalue weighted by atomic mass is 32.2. The van der Waals surface area contributed by atoms with E-state index < -0.39 is 10.7 Å². The Labute approximate surface area is 45.5 Å². The molecule has 0 spiro atoms. The predicted octanol–water partition coefficient (Wildman–Crippen LogP) is 0.212. The zero-order chi connectivity index (χ0) is 5.70. The molecule has 0 aliphatic carbocycles. The minimum Gasteiger partial charge on any atom is -0.232 e. The first-order valence-corrected chi connectivity index (χ1v) is 3.54. The summed E-state index contributed by atoms with van der Waals surface area (Å²) in [4.78, 5) is 0. The van der Waals surface area contributed by atoms with Gasteiger partial charge in [0.25, 0.3) is 0 Å². The second-order valence-corrected chi connectivity index (χ2v) is 2.38. The molecule has 0 aliphatic heterocycles. The van der Waals surface area contributed by atoms with Crippen molar-refractivity contribution in [2.75, 3.05) is 5.75 Å². The van der Waals surface area contributed by atoms with Gasteiger partial charge in [-0.2, -0.15) is 0 Å². The summed E-state index contributed by atoms with van der Waals surface area (Å²) in [6.07, 6.45) is 1.40. The average Bonchev–Trinajstić information content (AvgIpc) is 1.61. The van der Waals surface area contributed by atoms with Gasteiger partial charge in [0.15, 0.2) is 0 Å². The normalized spacial score (nSPS) is 10.0. The fourth-order valence-corrected chi connectivity index (χ4v) is 0.723. The fraction of sp³-hybridized carbons (Fsp3) is 0.750. The largest absolute Gasteiger partial charge is 0.232 e. The molecule has 3 heteroatoms. The van der Waals surface area contributed by atoms with Gasteiger partial charge in [-0.15, -0.1) is 0 Å². The lowest BCUT2D eigenvalue weighted by Gasteiger charge is -1.80. The molecule has 0 saturated heterocycles. The molecule has 0 aromatic rings. The predicted molar refractivity (Wildman–Crippen MR) is 29.8 cm³/mol. The van der Waals surface area contributed by atoms with E-state index in [9.17, 15) is 8.42 Å². The molecule has 0 N–H and O–H groups in total. The van der Waals surface area contributed by atoms with Gasteiger partial charge in [-0.05, 0) is 6.42 Å². The van der Waals surface area contributed by atoms with Crippen molar-refractivity contribution >= 4 is 10.7 Å². The quantitative estimate of drug-likeness (QED) is 0.542. The third-order valence-electron chi connectivity index (χ3n) is 0.591. The van der Waals surface area contributed by atoms with Crippen LogP contribution in [0.2, 0.25) is 0 Å². The average molecular weight is 121 g/mol. The Kier molecular flexibility index (Phi) is 4.09. The Hall–Kier alpha value is -0.0500. The highest BCUT2D eigenvalue weighted by Crippen LogP contribution is 1.83. The van der Waals surface area contributed by atoms with Crippen LogP contribution in [0.3, 0.4) is 0 Å². The van der Waals surface area contributed by atoms with Crippen LogP contribution >= 0.6 is 0 Å². The van der Waals surface area contributed by atoms with Crippen molar-refractivity contribution in [2.24, 2.45) is 0 Å². The van der Waals surface area contributed by atoms with Crippen molar-refractivity contribution in [3.8, 4) is 0 Å². The standard InChI is InChI=1S/C4H9O2S/c1-2-3-4-7(5)6/h7H,1-4H2. The maximum Gasteiger partial charge on any atom is 0.140 e. The van der Waals surface area contributed by atoms with Crippen LogP contribution < -0.4 is 0 Å². The van der Waals surface area contributed by atoms with Crippen LogP contribution in [0.25, 0.3) is 0 Å². The number of thiol groups is 1. The Bertz CT molecular complexity index is 87.9. The third-order valence-corrected chi connectivity index (χ3v) is 1.27. The van der Waals surface area contributed by atoms with Crippen LogP contribution in [-0.2, 0) is 10.7 Å². The zero-order valence-electron chi connectivity index (χ0n) is 4.09. The van der Waals surface area contributed by atoms with Crippen molar-refractivity contribution in [1.82, 2.24) is 0 Å². The van der Waals surface area contributed by atoms with E-state index in [2.05, 4.69) is 6.92 Å². The van der Waals surface area contributed by atoms with Gasteiger partial charge < -0.3 is 0 Å². The third kappa shape index (κ3) is 5.95. The molecule has 7 heavy (non-hydrogen) atoms. The van der Waals surface area contributed by atoms with Crippen molar-refractivity contribution in [3.63, 3.8) is 0 Å². The summed E-state index contributed by atoms with van der Waals surface area (Å²) in [5.41, 5.74) is 0. The summed E-state index contributed by atoms with van der Waals surface area (Å²) in [7, 11) is -2.15. The molecular weight excluding hydrogens is 112 g/mol. The molecule has 0 aromatic carbocycles. The van der Waals surface area contributed by atoms with Gasteiger partial charge >= 0.3 is 0 Å². The van der Waals surface area contributed by atoms with Crippen LogP contribution in [0.15, 0.2) is 0 Å². The summed E-state index contributed by atoms with van der Waals surface area (Å²) >= 11 is 0. The first-order valence-electron chi connectivity index (χ1n) is 2.18. The van der Waals surface area contributed by atoms with Crippen LogP contribution in [0.5, 0.6) is 0 Å². The Balaban J connectivity index is 2.98. The molecule has 0 unspecified atom stereocenters. The first kappa shape index (κ1) is 6.95. The lowest BCUT2D eigenvalue weighted by molar-refractivity contribution is 0.612. The molecule has 2 nitrogen and oxygen atoms in total. The van der Waals surface area contributed by atoms with Gasteiger partial charge in [-0.3, -0.25) is 0 Å². The van der Waals surface area contributed by atoms with Crippen molar-refractivity contribution in [1.29, 1.82) is 0 Å². The molecule has 0 rings (SSSR count). The van der Waals surface area contributed by atoms with Crippen LogP contribution in [0, 0.1) is 6.92 Å². The van der Waals surface area contributed by atoms with E-state index in [1.807, 2.05) is 0 Å². The lowest BCUT2D eigenvalue weighted by atomic mass is 10.4. The van der Waals surface area contributed by atoms with E-state index in [4.69, 9.17) is 0 Å². The lowest BCUT2D eigenvalue weighted by Crippen LogP contribution is -1.83. The number of hydrogen-bond donors (Lipinski definition) is 1. The van der Waals surface area contributed by atoms with Crippen LogP contribution in [0.4, 0.5) is 0 Å². The second-order valence-electron chi connectivity index (χ2n) is 1.26. The summed E-state index contributed by atoms with van der Waals surface area (Å²) in [6, 6.07) is 0. The molecule has 0 bridgehead atoms. The monoisotopic (exact) mass is 121 g/mol. The number of rotatable bonds is 3. The highest BCUT2D eigenvalue weighted by molar-refractivity contribution is 7.72. The molecule has 0 aliphatic rings. The maximum absolute atomic E-state index is 9.77. The van der Waals surface area contributed by atoms with Gasteiger partial charge in [0.05, 0.1) is 0 Å². The van der Waals surface area contributed by atoms with E-state index in [0.29, 0.717) is 18.6 Å². The van der Waals surface area contributed by atoms with Gasteiger partial charge in [-0.25, -0.2) is 8.42 Å². The summed E-state index contributed by atoms with van der Waals surface area (Å²) in [6.45, 7) is 3.49. The smallest absolute Gasteiger partial charge is 0.140 e. The van der Waals surface area contributed by atoms with E-state index in [1.54, 1.807) is 0 Å². The fourth-order valence-electron chi connectivity index (χ4n) is 0.241. The van der Waals surface area contributed by atoms with E-state index >= 15 is 0 Å². The van der Waals surface area contributed by atoms with E-state index in [1.165, 1.54) is 0 Å². The summed E-state index contributed by atoms with van der Waals surface area (Å²) < 4.78 is 19.5. The first-order chi connectivity index (χ1) is 3.27. The molecule has 43 valence electrons. The van der Waals surface area contributed by atoms with Crippen molar-refractivity contribution in [3.05, 3.63) is 6.92 Å². The van der Waals surface area contributed by atoms with Gasteiger partial charge in [-0.1, -0.05) is 13.3 Å². The molecule has 1 radical (unpaired) electrons. The molecule has 0 fully saturated rings. The minimum absolute atomic E-state index is 0.291. The minimum atomic E-state index is -2.15. The molecular formula is C4H9O2S. The highest BCUT2D eigenvalue weighted by Gasteiger charge is 1.81. The number of unbranched alkanes of at least 4 members (excludes halogenated alkanes) is 1. The second kappa shape index (κ2) is 4.12. The molecule has 0 saturated carbocycles. The SMILES string of the molecule is [CH2]CCC[SH](=O)=O. The topological polar surface area (TPSA) is 34.1 Å². The van der Waals surface area contributed by atoms with E-state index in [0.717, 1.165) is 0 Å². The van der Waals surface area contributed by atoms with Crippen molar-refractivity contribution < 1.29 is 8.42 Å². The molecule has 0 aromatic heterocycles. The Morgan fingerprint density at radius 3 is 2.14 bits per heavy atom. The Morgan fingerprint density at radius 1 is 1.43 bits per heavy atom. The van der Waals surface area contributed by atoms with Gasteiger partial charge in [0.2, 0.25) is 0 Å². The molecule has 0 amide bonds. The molecule has 0 atom stereocenters. The van der Waals surface area contributed by atoms with Gasteiger partial charge in [0, 0.05) is 5.75 Å². The maximum atomic E-state index is 9.77. The zero-order valence-corrected chi connectivity index (χ0v) is 4.99. The summed E-state index contributed by atoms with van der Waals surface area (Å²) in [5.74, 6) is 0.291. The van der Waals surface area contributed by atoms with Crippen LogP contribution in [-0.4, -0.2) is 14.2 Å². The van der Waals surface area contributed by atoms with Crippen molar-refractivity contribution in [2.45, 2.75) is 12.8 Å². The Morgan fingerprint density at radius 2 is 2.00 bits per heavy atom. The van der Waals surface area contributed by atoms with E-state index in [-0.39, 0.29) is 0 Å². The van der Waals surface area contributed by atoms with Gasteiger partial charge in [0.1, 0.15) is 10.7 Å². The summed E-state index contributed by atoms with van der Waals surface area (Å²) in [5, 5.41) is 0. The van der Waals surface area contributed by atoms with Crippen LogP contribution in [0.1, 0.15) is 12.8 Å². The number of hydrogen-bond acceptors (Lipinski definition) is 2.